The average molecular weight is 259 g/mol. The van der Waals surface area contributed by atoms with Gasteiger partial charge in [-0.15, -0.1) is 0 Å². The van der Waals surface area contributed by atoms with Gasteiger partial charge in [0.2, 0.25) is 0 Å². The molecule has 2 N–H and O–H groups in total. The summed E-state index contributed by atoms with van der Waals surface area (Å²) in [6.07, 6.45) is 6.68. The number of nitrogens with two attached hydrogens (primary N) is 1. The largest absolute Gasteiger partial charge is 0.369 e. The molecule has 0 spiro atoms. The van der Waals surface area contributed by atoms with E-state index in [1.54, 1.807) is 0 Å². The van der Waals surface area contributed by atoms with Crippen molar-refractivity contribution in [3.8, 4) is 0 Å². The van der Waals surface area contributed by atoms with Gasteiger partial charge in [0, 0.05) is 38.4 Å². The zero-order valence-electron chi connectivity index (χ0n) is 11.7. The van der Waals surface area contributed by atoms with Crippen molar-refractivity contribution in [1.82, 2.24) is 14.8 Å². The zero-order valence-corrected chi connectivity index (χ0v) is 11.7. The lowest BCUT2D eigenvalue weighted by Crippen LogP contribution is -2.17. The van der Waals surface area contributed by atoms with E-state index < -0.39 is 0 Å². The molecule has 2 aromatic heterocycles. The van der Waals surface area contributed by atoms with Crippen LogP contribution in [0.2, 0.25) is 0 Å². The highest BCUT2D eigenvalue weighted by Crippen LogP contribution is 2.17. The van der Waals surface area contributed by atoms with Crippen LogP contribution in [0.5, 0.6) is 0 Å². The number of hydrogen-bond donors (Lipinski definition) is 1. The minimum absolute atomic E-state index is 0.0256. The van der Waals surface area contributed by atoms with E-state index in [9.17, 15) is 0 Å². The number of rotatable bonds is 5. The number of aromatic nitrogens is 3. The van der Waals surface area contributed by atoms with Crippen LogP contribution in [0.4, 0.5) is 5.69 Å². The van der Waals surface area contributed by atoms with E-state index in [4.69, 9.17) is 5.73 Å². The fourth-order valence-corrected chi connectivity index (χ4v) is 1.97. The monoisotopic (exact) mass is 259 g/mol. The Hall–Kier alpha value is -1.88. The quantitative estimate of drug-likeness (QED) is 0.890. The number of hydrogen-bond acceptors (Lipinski definition) is 4. The van der Waals surface area contributed by atoms with Crippen molar-refractivity contribution in [3.63, 3.8) is 0 Å². The van der Waals surface area contributed by atoms with Crippen LogP contribution in [-0.2, 0) is 13.6 Å². The first-order valence-corrected chi connectivity index (χ1v) is 6.50. The van der Waals surface area contributed by atoms with Crippen LogP contribution in [0.15, 0.2) is 30.7 Å². The van der Waals surface area contributed by atoms with Gasteiger partial charge < -0.3 is 10.6 Å². The third kappa shape index (κ3) is 3.32. The van der Waals surface area contributed by atoms with Crippen LogP contribution in [0.1, 0.15) is 30.6 Å². The highest BCUT2D eigenvalue weighted by molar-refractivity contribution is 5.44. The van der Waals surface area contributed by atoms with Gasteiger partial charge >= 0.3 is 0 Å². The summed E-state index contributed by atoms with van der Waals surface area (Å²) in [4.78, 5) is 6.57. The van der Waals surface area contributed by atoms with Gasteiger partial charge in [-0.3, -0.25) is 9.67 Å². The fraction of sp³-hybridized carbons (Fsp3) is 0.429. The van der Waals surface area contributed by atoms with E-state index in [-0.39, 0.29) is 6.04 Å². The Morgan fingerprint density at radius 2 is 2.16 bits per heavy atom. The lowest BCUT2D eigenvalue weighted by molar-refractivity contribution is 0.675. The van der Waals surface area contributed by atoms with Crippen LogP contribution in [-0.4, -0.2) is 21.8 Å². The van der Waals surface area contributed by atoms with Gasteiger partial charge in [0.25, 0.3) is 0 Å². The van der Waals surface area contributed by atoms with Gasteiger partial charge in [0.15, 0.2) is 0 Å². The van der Waals surface area contributed by atoms with Crippen molar-refractivity contribution < 1.29 is 0 Å². The molecule has 0 aliphatic rings. The Morgan fingerprint density at radius 1 is 1.37 bits per heavy atom. The second-order valence-electron chi connectivity index (χ2n) is 4.83. The summed E-state index contributed by atoms with van der Waals surface area (Å²) in [5.41, 5.74) is 9.16. The Kier molecular flexibility index (Phi) is 4.16. The molecule has 0 amide bonds. The van der Waals surface area contributed by atoms with E-state index in [0.29, 0.717) is 0 Å². The molecule has 0 fully saturated rings. The Labute approximate surface area is 114 Å². The molecule has 1 atom stereocenters. The average Bonchev–Trinajstić information content (AvgIpc) is 2.83. The van der Waals surface area contributed by atoms with Crippen molar-refractivity contribution in [2.24, 2.45) is 12.8 Å². The SMILES string of the molecule is CCC(N)c1ccc(N(C)Cc2cnn(C)c2)cn1. The number of anilines is 1. The van der Waals surface area contributed by atoms with Gasteiger partial charge in [-0.1, -0.05) is 6.92 Å². The van der Waals surface area contributed by atoms with Crippen LogP contribution >= 0.6 is 0 Å². The minimum Gasteiger partial charge on any atom is -0.369 e. The predicted octanol–water partition coefficient (Wildman–Crippen LogP) is 1.86. The van der Waals surface area contributed by atoms with Crippen molar-refractivity contribution in [3.05, 3.63) is 42.0 Å². The molecular weight excluding hydrogens is 238 g/mol. The summed E-state index contributed by atoms with van der Waals surface area (Å²) in [6.45, 7) is 2.88. The molecule has 0 saturated heterocycles. The summed E-state index contributed by atoms with van der Waals surface area (Å²) in [6, 6.07) is 4.09. The highest BCUT2D eigenvalue weighted by atomic mass is 15.2. The molecule has 5 heteroatoms. The Balaban J connectivity index is 2.05. The third-order valence-electron chi connectivity index (χ3n) is 3.21. The summed E-state index contributed by atoms with van der Waals surface area (Å²) < 4.78 is 1.81. The van der Waals surface area contributed by atoms with Gasteiger partial charge in [0.1, 0.15) is 0 Å². The molecule has 19 heavy (non-hydrogen) atoms. The van der Waals surface area contributed by atoms with Crippen LogP contribution < -0.4 is 10.6 Å². The van der Waals surface area contributed by atoms with Crippen LogP contribution in [0.3, 0.4) is 0 Å². The zero-order chi connectivity index (χ0) is 13.8. The number of aryl methyl sites for hydroxylation is 1. The molecule has 2 rings (SSSR count). The Bertz CT molecular complexity index is 517. The lowest BCUT2D eigenvalue weighted by Gasteiger charge is -2.18. The summed E-state index contributed by atoms with van der Waals surface area (Å²) in [5.74, 6) is 0. The molecule has 0 radical (unpaired) electrons. The summed E-state index contributed by atoms with van der Waals surface area (Å²) >= 11 is 0. The minimum atomic E-state index is 0.0256. The van der Waals surface area contributed by atoms with Gasteiger partial charge in [-0.05, 0) is 18.6 Å². The van der Waals surface area contributed by atoms with E-state index in [2.05, 4.69) is 28.0 Å². The Morgan fingerprint density at radius 3 is 2.68 bits per heavy atom. The second kappa shape index (κ2) is 5.84. The topological polar surface area (TPSA) is 60.0 Å². The van der Waals surface area contributed by atoms with Crippen molar-refractivity contribution >= 4 is 5.69 Å². The van der Waals surface area contributed by atoms with E-state index in [1.165, 1.54) is 5.56 Å². The first-order valence-electron chi connectivity index (χ1n) is 6.50. The summed E-state index contributed by atoms with van der Waals surface area (Å²) in [7, 11) is 3.97. The maximum atomic E-state index is 5.96. The summed E-state index contributed by atoms with van der Waals surface area (Å²) in [5, 5.41) is 4.17. The van der Waals surface area contributed by atoms with Gasteiger partial charge in [0.05, 0.1) is 23.8 Å². The third-order valence-corrected chi connectivity index (χ3v) is 3.21. The van der Waals surface area contributed by atoms with Crippen LogP contribution in [0.25, 0.3) is 0 Å². The first-order chi connectivity index (χ1) is 9.10. The first kappa shape index (κ1) is 13.5. The maximum Gasteiger partial charge on any atom is 0.0572 e. The molecule has 2 heterocycles. The van der Waals surface area contributed by atoms with Gasteiger partial charge in [-0.2, -0.15) is 5.10 Å². The number of pyridine rings is 1. The predicted molar refractivity (Wildman–Crippen MR) is 76.8 cm³/mol. The lowest BCUT2D eigenvalue weighted by atomic mass is 10.1. The molecule has 0 aliphatic heterocycles. The smallest absolute Gasteiger partial charge is 0.0572 e. The molecule has 0 aromatic carbocycles. The molecule has 0 bridgehead atoms. The molecule has 102 valence electrons. The fourth-order valence-electron chi connectivity index (χ4n) is 1.97. The second-order valence-corrected chi connectivity index (χ2v) is 4.83. The molecule has 2 aromatic rings. The number of nitrogens with zero attached hydrogens (tertiary/aromatic N) is 4. The highest BCUT2D eigenvalue weighted by Gasteiger charge is 2.07. The van der Waals surface area contributed by atoms with E-state index >= 15 is 0 Å². The maximum absolute atomic E-state index is 5.96. The standard InChI is InChI=1S/C14H21N5/c1-4-13(15)14-6-5-12(8-16-14)18(2)9-11-7-17-19(3)10-11/h5-8,10,13H,4,9,15H2,1-3H3. The van der Waals surface area contributed by atoms with Gasteiger partial charge in [-0.25, -0.2) is 0 Å². The molecule has 5 nitrogen and oxygen atoms in total. The van der Waals surface area contributed by atoms with Crippen molar-refractivity contribution in [2.75, 3.05) is 11.9 Å². The normalized spacial score (nSPS) is 12.4. The molecule has 0 saturated carbocycles. The molecular formula is C14H21N5. The molecule has 1 unspecified atom stereocenters. The van der Waals surface area contributed by atoms with E-state index in [0.717, 1.165) is 24.3 Å². The van der Waals surface area contributed by atoms with E-state index in [1.807, 2.05) is 43.4 Å². The van der Waals surface area contributed by atoms with Crippen molar-refractivity contribution in [2.45, 2.75) is 25.9 Å². The van der Waals surface area contributed by atoms with Crippen LogP contribution in [0, 0.1) is 0 Å². The molecule has 0 aliphatic carbocycles. The van der Waals surface area contributed by atoms with Crippen molar-refractivity contribution in [1.29, 1.82) is 0 Å².